The zero-order valence-electron chi connectivity index (χ0n) is 10.9. The molecule has 0 unspecified atom stereocenters. The first-order chi connectivity index (χ1) is 8.50. The van der Waals surface area contributed by atoms with Crippen LogP contribution in [-0.2, 0) is 6.54 Å². The number of nitrogens with zero attached hydrogens (tertiary/aromatic N) is 1. The van der Waals surface area contributed by atoms with Crippen molar-refractivity contribution in [2.45, 2.75) is 33.2 Å². The molecule has 4 heteroatoms. The zero-order chi connectivity index (χ0) is 13.6. The van der Waals surface area contributed by atoms with Crippen LogP contribution in [0.1, 0.15) is 32.3 Å². The Hall–Kier alpha value is -1.24. The van der Waals surface area contributed by atoms with Gasteiger partial charge in [-0.05, 0) is 32.8 Å². The van der Waals surface area contributed by atoms with Crippen LogP contribution < -0.4 is 10.5 Å². The van der Waals surface area contributed by atoms with Crippen molar-refractivity contribution in [3.8, 4) is 11.8 Å². The summed E-state index contributed by atoms with van der Waals surface area (Å²) in [6.07, 6.45) is 1.61. The van der Waals surface area contributed by atoms with Gasteiger partial charge in [-0.25, -0.2) is 0 Å². The Morgan fingerprint density at radius 3 is 2.78 bits per heavy atom. The van der Waals surface area contributed by atoms with E-state index in [1.807, 2.05) is 26.0 Å². The Balaban J connectivity index is 2.52. The number of ether oxygens (including phenoxy) is 1. The Kier molecular flexibility index (Phi) is 5.46. The van der Waals surface area contributed by atoms with Gasteiger partial charge in [0.15, 0.2) is 0 Å². The third-order valence-corrected chi connectivity index (χ3v) is 3.06. The molecule has 0 aromatic heterocycles. The largest absolute Gasteiger partial charge is 0.492 e. The summed E-state index contributed by atoms with van der Waals surface area (Å²) in [7, 11) is 0. The van der Waals surface area contributed by atoms with E-state index in [-0.39, 0.29) is 5.41 Å². The van der Waals surface area contributed by atoms with E-state index in [1.165, 1.54) is 0 Å². The number of rotatable bonds is 6. The van der Waals surface area contributed by atoms with E-state index in [2.05, 4.69) is 6.07 Å². The minimum atomic E-state index is -0.305. The third-order valence-electron chi connectivity index (χ3n) is 2.76. The standard InChI is InChI=1S/C14H19ClN2O/c1-14(2,10-17)7-4-8-18-13-11(9-16)5-3-6-12(13)15/h3,5-6H,4,7-9,16H2,1-2H3. The smallest absolute Gasteiger partial charge is 0.142 e. The second kappa shape index (κ2) is 6.63. The van der Waals surface area contributed by atoms with E-state index in [0.29, 0.717) is 23.9 Å². The van der Waals surface area contributed by atoms with Crippen molar-refractivity contribution in [2.75, 3.05) is 6.61 Å². The molecule has 0 fully saturated rings. The van der Waals surface area contributed by atoms with Crippen molar-refractivity contribution in [3.63, 3.8) is 0 Å². The molecule has 98 valence electrons. The van der Waals surface area contributed by atoms with Crippen molar-refractivity contribution < 1.29 is 4.74 Å². The van der Waals surface area contributed by atoms with Crippen LogP contribution in [0.4, 0.5) is 0 Å². The summed E-state index contributed by atoms with van der Waals surface area (Å²) in [5.41, 5.74) is 6.23. The van der Waals surface area contributed by atoms with Crippen molar-refractivity contribution >= 4 is 11.6 Å². The normalized spacial score (nSPS) is 11.1. The van der Waals surface area contributed by atoms with Crippen molar-refractivity contribution in [1.82, 2.24) is 0 Å². The second-order valence-corrected chi connectivity index (χ2v) is 5.29. The Labute approximate surface area is 114 Å². The van der Waals surface area contributed by atoms with Crippen LogP contribution in [0, 0.1) is 16.7 Å². The zero-order valence-corrected chi connectivity index (χ0v) is 11.6. The van der Waals surface area contributed by atoms with Gasteiger partial charge in [-0.3, -0.25) is 0 Å². The lowest BCUT2D eigenvalue weighted by atomic mass is 9.90. The van der Waals surface area contributed by atoms with Gasteiger partial charge in [0.2, 0.25) is 0 Å². The number of benzene rings is 1. The van der Waals surface area contributed by atoms with E-state index in [4.69, 9.17) is 27.3 Å². The summed E-state index contributed by atoms with van der Waals surface area (Å²) in [5, 5.41) is 9.49. The highest BCUT2D eigenvalue weighted by atomic mass is 35.5. The molecule has 1 rings (SSSR count). The summed E-state index contributed by atoms with van der Waals surface area (Å²) in [6.45, 7) is 4.79. The number of hydrogen-bond acceptors (Lipinski definition) is 3. The lowest BCUT2D eigenvalue weighted by Gasteiger charge is -2.16. The fourth-order valence-electron chi connectivity index (χ4n) is 1.62. The molecule has 0 heterocycles. The second-order valence-electron chi connectivity index (χ2n) is 4.88. The summed E-state index contributed by atoms with van der Waals surface area (Å²) in [5.74, 6) is 0.663. The van der Waals surface area contributed by atoms with Crippen LogP contribution in [0.25, 0.3) is 0 Å². The van der Waals surface area contributed by atoms with Gasteiger partial charge in [0.05, 0.1) is 23.1 Å². The first kappa shape index (κ1) is 14.8. The summed E-state index contributed by atoms with van der Waals surface area (Å²) in [6, 6.07) is 7.82. The molecular formula is C14H19ClN2O. The molecular weight excluding hydrogens is 248 g/mol. The molecule has 0 atom stereocenters. The molecule has 0 aliphatic rings. The number of nitriles is 1. The minimum Gasteiger partial charge on any atom is -0.492 e. The number of nitrogens with two attached hydrogens (primary N) is 1. The lowest BCUT2D eigenvalue weighted by Crippen LogP contribution is -2.11. The van der Waals surface area contributed by atoms with Crippen molar-refractivity contribution in [3.05, 3.63) is 28.8 Å². The maximum absolute atomic E-state index is 8.91. The van der Waals surface area contributed by atoms with Crippen molar-refractivity contribution in [1.29, 1.82) is 5.26 Å². The average molecular weight is 267 g/mol. The van der Waals surface area contributed by atoms with Gasteiger partial charge in [-0.2, -0.15) is 5.26 Å². The van der Waals surface area contributed by atoms with E-state index in [0.717, 1.165) is 18.4 Å². The molecule has 0 radical (unpaired) electrons. The van der Waals surface area contributed by atoms with E-state index in [1.54, 1.807) is 6.07 Å². The van der Waals surface area contributed by atoms with Gasteiger partial charge in [0.1, 0.15) is 5.75 Å². The predicted molar refractivity (Wildman–Crippen MR) is 73.5 cm³/mol. The summed E-state index contributed by atoms with van der Waals surface area (Å²) in [4.78, 5) is 0. The van der Waals surface area contributed by atoms with Crippen LogP contribution in [0.2, 0.25) is 5.02 Å². The number of halogens is 1. The van der Waals surface area contributed by atoms with Crippen molar-refractivity contribution in [2.24, 2.45) is 11.1 Å². The Morgan fingerprint density at radius 1 is 1.44 bits per heavy atom. The van der Waals surface area contributed by atoms with Crippen LogP contribution >= 0.6 is 11.6 Å². The lowest BCUT2D eigenvalue weighted by molar-refractivity contribution is 0.282. The Bertz CT molecular complexity index is 438. The quantitative estimate of drug-likeness (QED) is 0.802. The SMILES string of the molecule is CC(C)(C#N)CCCOc1c(Cl)cccc1CN. The molecule has 0 spiro atoms. The molecule has 0 amide bonds. The third kappa shape index (κ3) is 4.21. The Morgan fingerprint density at radius 2 is 2.17 bits per heavy atom. The molecule has 3 nitrogen and oxygen atoms in total. The van der Waals surface area contributed by atoms with Gasteiger partial charge >= 0.3 is 0 Å². The van der Waals surface area contributed by atoms with Crippen LogP contribution in [0.3, 0.4) is 0 Å². The topological polar surface area (TPSA) is 59.0 Å². The minimum absolute atomic E-state index is 0.305. The van der Waals surface area contributed by atoms with Gasteiger partial charge in [-0.15, -0.1) is 0 Å². The van der Waals surface area contributed by atoms with E-state index >= 15 is 0 Å². The maximum Gasteiger partial charge on any atom is 0.142 e. The molecule has 1 aromatic rings. The average Bonchev–Trinajstić information content (AvgIpc) is 2.36. The summed E-state index contributed by atoms with van der Waals surface area (Å²) >= 11 is 6.07. The fraction of sp³-hybridized carbons (Fsp3) is 0.500. The fourth-order valence-corrected chi connectivity index (χ4v) is 1.87. The van der Waals surface area contributed by atoms with Gasteiger partial charge < -0.3 is 10.5 Å². The first-order valence-electron chi connectivity index (χ1n) is 6.01. The highest BCUT2D eigenvalue weighted by molar-refractivity contribution is 6.32. The maximum atomic E-state index is 8.91. The molecule has 18 heavy (non-hydrogen) atoms. The monoisotopic (exact) mass is 266 g/mol. The molecule has 0 bridgehead atoms. The molecule has 1 aromatic carbocycles. The van der Waals surface area contributed by atoms with Crippen LogP contribution in [0.15, 0.2) is 18.2 Å². The van der Waals surface area contributed by atoms with Gasteiger partial charge in [0.25, 0.3) is 0 Å². The first-order valence-corrected chi connectivity index (χ1v) is 6.39. The van der Waals surface area contributed by atoms with E-state index < -0.39 is 0 Å². The van der Waals surface area contributed by atoms with Crippen LogP contribution in [0.5, 0.6) is 5.75 Å². The van der Waals surface area contributed by atoms with Gasteiger partial charge in [0, 0.05) is 12.1 Å². The van der Waals surface area contributed by atoms with E-state index in [9.17, 15) is 0 Å². The molecule has 0 aliphatic carbocycles. The van der Waals surface area contributed by atoms with Gasteiger partial charge in [-0.1, -0.05) is 23.7 Å². The highest BCUT2D eigenvalue weighted by Gasteiger charge is 2.16. The van der Waals surface area contributed by atoms with Crippen LogP contribution in [-0.4, -0.2) is 6.61 Å². The molecule has 2 N–H and O–H groups in total. The highest BCUT2D eigenvalue weighted by Crippen LogP contribution is 2.29. The molecule has 0 saturated carbocycles. The summed E-state index contributed by atoms with van der Waals surface area (Å²) < 4.78 is 5.68. The number of hydrogen-bond donors (Lipinski definition) is 1. The number of para-hydroxylation sites is 1. The molecule has 0 saturated heterocycles. The molecule has 0 aliphatic heterocycles. The predicted octanol–water partition coefficient (Wildman–Crippen LogP) is 3.51.